The molecule has 0 bridgehead atoms. The molecular formula is C10H8N2O2S. The van der Waals surface area contributed by atoms with E-state index >= 15 is 0 Å². The summed E-state index contributed by atoms with van der Waals surface area (Å²) in [6.45, 7) is 1.74. The highest BCUT2D eigenvalue weighted by atomic mass is 32.1. The third-order valence-electron chi connectivity index (χ3n) is 2.29. The van der Waals surface area contributed by atoms with E-state index in [1.54, 1.807) is 13.1 Å². The van der Waals surface area contributed by atoms with E-state index in [1.165, 1.54) is 11.5 Å². The molecule has 2 aromatic rings. The molecule has 0 saturated heterocycles. The van der Waals surface area contributed by atoms with Gasteiger partial charge in [0.25, 0.3) is 0 Å². The number of rotatable bonds is 3. The van der Waals surface area contributed by atoms with Crippen molar-refractivity contribution < 1.29 is 9.59 Å². The van der Waals surface area contributed by atoms with Gasteiger partial charge in [0.1, 0.15) is 0 Å². The lowest BCUT2D eigenvalue weighted by molar-refractivity contribution is 0.111. The minimum absolute atomic E-state index is 0.443. The van der Waals surface area contributed by atoms with E-state index in [2.05, 4.69) is 9.36 Å². The molecule has 0 atom stereocenters. The van der Waals surface area contributed by atoms with E-state index < -0.39 is 0 Å². The van der Waals surface area contributed by atoms with Crippen LogP contribution in [0.4, 0.5) is 0 Å². The Bertz CT molecular complexity index is 500. The van der Waals surface area contributed by atoms with Crippen molar-refractivity contribution in [3.63, 3.8) is 0 Å². The zero-order valence-electron chi connectivity index (χ0n) is 7.98. The van der Waals surface area contributed by atoms with Gasteiger partial charge in [0.15, 0.2) is 12.6 Å². The molecule has 2 heterocycles. The average molecular weight is 220 g/mol. The number of hydrogen-bond acceptors (Lipinski definition) is 4. The Morgan fingerprint density at radius 1 is 1.40 bits per heavy atom. The van der Waals surface area contributed by atoms with Crippen molar-refractivity contribution in [1.82, 2.24) is 9.36 Å². The lowest BCUT2D eigenvalue weighted by Gasteiger charge is -1.93. The van der Waals surface area contributed by atoms with Crippen LogP contribution in [-0.2, 0) is 0 Å². The largest absolute Gasteiger partial charge is 0.351 e. The van der Waals surface area contributed by atoms with Crippen LogP contribution in [0.1, 0.15) is 26.4 Å². The molecule has 0 aliphatic heterocycles. The molecule has 0 fully saturated rings. The number of aldehydes is 2. The van der Waals surface area contributed by atoms with E-state index in [0.717, 1.165) is 11.8 Å². The Kier molecular flexibility index (Phi) is 2.47. The van der Waals surface area contributed by atoms with Gasteiger partial charge in [-0.15, -0.1) is 0 Å². The Labute approximate surface area is 90.1 Å². The molecule has 0 aliphatic rings. The van der Waals surface area contributed by atoms with Crippen LogP contribution >= 0.6 is 11.5 Å². The van der Waals surface area contributed by atoms with Crippen molar-refractivity contribution >= 4 is 24.1 Å². The second-order valence-electron chi connectivity index (χ2n) is 3.10. The first-order valence-electron chi connectivity index (χ1n) is 4.30. The van der Waals surface area contributed by atoms with Crippen LogP contribution in [0.3, 0.4) is 0 Å². The molecule has 0 radical (unpaired) electrons. The lowest BCUT2D eigenvalue weighted by atomic mass is 10.1. The fourth-order valence-electron chi connectivity index (χ4n) is 1.45. The summed E-state index contributed by atoms with van der Waals surface area (Å²) in [5, 5.41) is 1.83. The number of hydrogen-bond donors (Lipinski definition) is 1. The highest BCUT2D eigenvalue weighted by Gasteiger charge is 2.14. The summed E-state index contributed by atoms with van der Waals surface area (Å²) >= 11 is 1.30. The van der Waals surface area contributed by atoms with Crippen LogP contribution in [0.5, 0.6) is 0 Å². The molecule has 0 unspecified atom stereocenters. The first-order valence-corrected chi connectivity index (χ1v) is 5.14. The Hall–Kier alpha value is -1.75. The van der Waals surface area contributed by atoms with Gasteiger partial charge in [-0.3, -0.25) is 9.59 Å². The zero-order valence-corrected chi connectivity index (χ0v) is 8.80. The van der Waals surface area contributed by atoms with E-state index in [9.17, 15) is 9.59 Å². The maximum atomic E-state index is 10.9. The number of carbonyl (C=O) groups excluding carboxylic acids is 2. The molecule has 0 aliphatic carbocycles. The van der Waals surface area contributed by atoms with Crippen molar-refractivity contribution in [2.24, 2.45) is 0 Å². The molecule has 2 aromatic heterocycles. The number of nitrogens with zero attached hydrogens (tertiary/aromatic N) is 1. The molecule has 0 spiro atoms. The third-order valence-corrected chi connectivity index (χ3v) is 2.88. The molecule has 4 nitrogen and oxygen atoms in total. The summed E-state index contributed by atoms with van der Waals surface area (Å²) in [7, 11) is 0. The lowest BCUT2D eigenvalue weighted by Crippen LogP contribution is -1.84. The smallest absolute Gasteiger partial charge is 0.166 e. The van der Waals surface area contributed by atoms with Gasteiger partial charge in [-0.05, 0) is 24.0 Å². The summed E-state index contributed by atoms with van der Waals surface area (Å²) in [5.41, 5.74) is 3.15. The first kappa shape index (κ1) is 9.79. The minimum Gasteiger partial charge on any atom is -0.351 e. The average Bonchev–Trinajstić information content (AvgIpc) is 2.84. The normalized spacial score (nSPS) is 10.2. The predicted molar refractivity (Wildman–Crippen MR) is 57.4 cm³/mol. The summed E-state index contributed by atoms with van der Waals surface area (Å²) in [4.78, 5) is 24.6. The number of aromatic nitrogens is 2. The minimum atomic E-state index is 0.443. The van der Waals surface area contributed by atoms with Gasteiger partial charge < -0.3 is 4.98 Å². The number of H-pyrrole nitrogens is 1. The van der Waals surface area contributed by atoms with E-state index in [1.807, 2.05) is 5.38 Å². The predicted octanol–water partition coefficient (Wildman–Crippen LogP) is 2.07. The van der Waals surface area contributed by atoms with Crippen LogP contribution in [0.25, 0.3) is 11.3 Å². The van der Waals surface area contributed by atoms with Crippen molar-refractivity contribution in [3.05, 3.63) is 28.4 Å². The topological polar surface area (TPSA) is 62.8 Å². The van der Waals surface area contributed by atoms with E-state index in [4.69, 9.17) is 0 Å². The third kappa shape index (κ3) is 1.50. The van der Waals surface area contributed by atoms with Crippen LogP contribution in [0.2, 0.25) is 0 Å². The fraction of sp³-hybridized carbons (Fsp3) is 0.100. The molecule has 0 saturated carbocycles. The summed E-state index contributed by atoms with van der Waals surface area (Å²) < 4.78 is 3.96. The SMILES string of the molecule is Cc1c(C=O)[nH]c(-c2cnsc2)c1C=O. The molecule has 76 valence electrons. The van der Waals surface area contributed by atoms with Gasteiger partial charge in [0, 0.05) is 16.5 Å². The summed E-state index contributed by atoms with van der Waals surface area (Å²) in [6, 6.07) is 0. The highest BCUT2D eigenvalue weighted by Crippen LogP contribution is 2.26. The molecular weight excluding hydrogens is 212 g/mol. The first-order chi connectivity index (χ1) is 7.27. The fourth-order valence-corrected chi connectivity index (χ4v) is 1.98. The van der Waals surface area contributed by atoms with Crippen LogP contribution in [-0.4, -0.2) is 21.9 Å². The highest BCUT2D eigenvalue weighted by molar-refractivity contribution is 7.03. The maximum Gasteiger partial charge on any atom is 0.166 e. The van der Waals surface area contributed by atoms with Crippen molar-refractivity contribution in [2.75, 3.05) is 0 Å². The van der Waals surface area contributed by atoms with Gasteiger partial charge >= 0.3 is 0 Å². The van der Waals surface area contributed by atoms with E-state index in [0.29, 0.717) is 28.8 Å². The van der Waals surface area contributed by atoms with Gasteiger partial charge in [0.2, 0.25) is 0 Å². The maximum absolute atomic E-state index is 10.9. The molecule has 1 N–H and O–H groups in total. The Balaban J connectivity index is 2.66. The van der Waals surface area contributed by atoms with Crippen molar-refractivity contribution in [3.8, 4) is 11.3 Å². The summed E-state index contributed by atoms with van der Waals surface area (Å²) in [6.07, 6.45) is 3.13. The molecule has 2 rings (SSSR count). The van der Waals surface area contributed by atoms with Gasteiger partial charge in [-0.2, -0.15) is 0 Å². The van der Waals surface area contributed by atoms with E-state index in [-0.39, 0.29) is 0 Å². The van der Waals surface area contributed by atoms with Crippen molar-refractivity contribution in [1.29, 1.82) is 0 Å². The van der Waals surface area contributed by atoms with Crippen LogP contribution in [0, 0.1) is 6.92 Å². The quantitative estimate of drug-likeness (QED) is 0.805. The number of carbonyl (C=O) groups is 2. The number of nitrogens with one attached hydrogen (secondary N) is 1. The zero-order chi connectivity index (χ0) is 10.8. The number of aromatic amines is 1. The van der Waals surface area contributed by atoms with Gasteiger partial charge in [-0.25, -0.2) is 4.37 Å². The van der Waals surface area contributed by atoms with Crippen LogP contribution < -0.4 is 0 Å². The monoisotopic (exact) mass is 220 g/mol. The standard InChI is InChI=1S/C10H8N2O2S/c1-6-8(3-13)10(12-9(6)4-14)7-2-11-15-5-7/h2-5,12H,1H3. The Morgan fingerprint density at radius 2 is 2.20 bits per heavy atom. The van der Waals surface area contributed by atoms with Crippen LogP contribution in [0.15, 0.2) is 11.6 Å². The molecule has 15 heavy (non-hydrogen) atoms. The second kappa shape index (κ2) is 3.78. The molecule has 0 aromatic carbocycles. The molecule has 0 amide bonds. The molecule has 5 heteroatoms. The van der Waals surface area contributed by atoms with Gasteiger partial charge in [0.05, 0.1) is 17.6 Å². The Morgan fingerprint density at radius 3 is 2.73 bits per heavy atom. The van der Waals surface area contributed by atoms with Crippen molar-refractivity contribution in [2.45, 2.75) is 6.92 Å². The van der Waals surface area contributed by atoms with Gasteiger partial charge in [-0.1, -0.05) is 0 Å². The summed E-state index contributed by atoms with van der Waals surface area (Å²) in [5.74, 6) is 0. The second-order valence-corrected chi connectivity index (χ2v) is 3.76.